The predicted octanol–water partition coefficient (Wildman–Crippen LogP) is 2.62. The highest BCUT2D eigenvalue weighted by Crippen LogP contribution is 2.26. The molecule has 0 aliphatic rings. The number of hydrogen-bond acceptors (Lipinski definition) is 1. The van der Waals surface area contributed by atoms with E-state index in [-0.39, 0.29) is 5.41 Å². The highest BCUT2D eigenvalue weighted by atomic mass is 14.6. The monoisotopic (exact) mass is 177 g/mol. The summed E-state index contributed by atoms with van der Waals surface area (Å²) in [5.41, 5.74) is 8.59. The Bertz CT molecular complexity index is 257. The summed E-state index contributed by atoms with van der Waals surface area (Å²) in [4.78, 5) is 0. The fourth-order valence-corrected chi connectivity index (χ4v) is 1.42. The molecule has 0 spiro atoms. The van der Waals surface area contributed by atoms with E-state index in [9.17, 15) is 0 Å². The van der Waals surface area contributed by atoms with Gasteiger partial charge < -0.3 is 5.73 Å². The summed E-state index contributed by atoms with van der Waals surface area (Å²) in [6, 6.07) is 8.68. The quantitative estimate of drug-likeness (QED) is 0.754. The van der Waals surface area contributed by atoms with Crippen molar-refractivity contribution in [1.82, 2.24) is 0 Å². The van der Waals surface area contributed by atoms with Crippen LogP contribution >= 0.6 is 0 Å². The number of hydrogen-bond donors (Lipinski definition) is 1. The van der Waals surface area contributed by atoms with Gasteiger partial charge in [0.15, 0.2) is 0 Å². The van der Waals surface area contributed by atoms with Gasteiger partial charge in [-0.2, -0.15) is 0 Å². The maximum Gasteiger partial charge on any atom is 0.00447 e. The molecular formula is C12H19N. The topological polar surface area (TPSA) is 26.0 Å². The molecule has 0 heterocycles. The van der Waals surface area contributed by atoms with Gasteiger partial charge in [0.25, 0.3) is 0 Å². The van der Waals surface area contributed by atoms with Gasteiger partial charge in [0.05, 0.1) is 0 Å². The lowest BCUT2D eigenvalue weighted by molar-refractivity contribution is 0.467. The van der Waals surface area contributed by atoms with Gasteiger partial charge in [0, 0.05) is 12.0 Å². The van der Waals surface area contributed by atoms with Crippen LogP contribution in [-0.2, 0) is 5.41 Å². The van der Waals surface area contributed by atoms with Crippen molar-refractivity contribution >= 4 is 0 Å². The molecule has 1 aromatic carbocycles. The molecule has 0 fully saturated rings. The van der Waals surface area contributed by atoms with Crippen molar-refractivity contribution in [2.24, 2.45) is 5.73 Å². The van der Waals surface area contributed by atoms with Crippen LogP contribution in [0.5, 0.6) is 0 Å². The number of nitrogens with two attached hydrogens (primary N) is 1. The second kappa shape index (κ2) is 3.93. The minimum atomic E-state index is 0.147. The Morgan fingerprint density at radius 2 is 1.77 bits per heavy atom. The van der Waals surface area contributed by atoms with Crippen molar-refractivity contribution in [3.8, 4) is 0 Å². The third-order valence-electron chi connectivity index (χ3n) is 2.98. The Kier molecular flexibility index (Phi) is 3.10. The molecule has 1 nitrogen and oxygen atoms in total. The number of aryl methyl sites for hydroxylation is 1. The van der Waals surface area contributed by atoms with Crippen LogP contribution in [0.2, 0.25) is 0 Å². The maximum atomic E-state index is 5.79. The minimum absolute atomic E-state index is 0.147. The zero-order chi connectivity index (χ0) is 9.90. The molecule has 0 aliphatic carbocycles. The molecule has 0 saturated heterocycles. The van der Waals surface area contributed by atoms with Crippen LogP contribution in [0.3, 0.4) is 0 Å². The second-order valence-corrected chi connectivity index (χ2v) is 3.98. The van der Waals surface area contributed by atoms with Crippen molar-refractivity contribution < 1.29 is 0 Å². The molecule has 1 aromatic rings. The lowest BCUT2D eigenvalue weighted by Gasteiger charge is -2.27. The Hall–Kier alpha value is -0.820. The lowest BCUT2D eigenvalue weighted by Crippen LogP contribution is -2.30. The average Bonchev–Trinajstić information content (AvgIpc) is 2.18. The fourth-order valence-electron chi connectivity index (χ4n) is 1.42. The Morgan fingerprint density at radius 1 is 1.23 bits per heavy atom. The van der Waals surface area contributed by atoms with Crippen LogP contribution in [-0.4, -0.2) is 6.54 Å². The summed E-state index contributed by atoms with van der Waals surface area (Å²) in [7, 11) is 0. The molecule has 1 rings (SSSR count). The highest BCUT2D eigenvalue weighted by molar-refractivity contribution is 5.28. The van der Waals surface area contributed by atoms with E-state index in [2.05, 4.69) is 45.0 Å². The van der Waals surface area contributed by atoms with Gasteiger partial charge in [-0.3, -0.25) is 0 Å². The molecule has 72 valence electrons. The Balaban J connectivity index is 2.99. The molecule has 0 aromatic heterocycles. The van der Waals surface area contributed by atoms with E-state index in [1.807, 2.05) is 0 Å². The third-order valence-corrected chi connectivity index (χ3v) is 2.98. The van der Waals surface area contributed by atoms with Gasteiger partial charge in [-0.05, 0) is 18.9 Å². The second-order valence-electron chi connectivity index (χ2n) is 3.98. The molecule has 0 bridgehead atoms. The summed E-state index contributed by atoms with van der Waals surface area (Å²) < 4.78 is 0. The summed E-state index contributed by atoms with van der Waals surface area (Å²) in [6.45, 7) is 7.23. The SMILES string of the molecule is CCC(C)(CN)c1ccc(C)cc1. The molecule has 0 amide bonds. The summed E-state index contributed by atoms with van der Waals surface area (Å²) in [5, 5.41) is 0. The molecule has 0 radical (unpaired) electrons. The number of benzene rings is 1. The smallest absolute Gasteiger partial charge is 0.00447 e. The zero-order valence-electron chi connectivity index (χ0n) is 8.80. The van der Waals surface area contributed by atoms with Crippen LogP contribution < -0.4 is 5.73 Å². The zero-order valence-corrected chi connectivity index (χ0v) is 8.80. The van der Waals surface area contributed by atoms with Gasteiger partial charge in [0.2, 0.25) is 0 Å². The number of rotatable bonds is 3. The summed E-state index contributed by atoms with van der Waals surface area (Å²) in [5.74, 6) is 0. The van der Waals surface area contributed by atoms with Crippen LogP contribution in [0.25, 0.3) is 0 Å². The van der Waals surface area contributed by atoms with Crippen molar-refractivity contribution in [3.05, 3.63) is 35.4 Å². The van der Waals surface area contributed by atoms with Gasteiger partial charge in [-0.25, -0.2) is 0 Å². The van der Waals surface area contributed by atoms with Crippen LogP contribution in [0.1, 0.15) is 31.4 Å². The van der Waals surface area contributed by atoms with Crippen molar-refractivity contribution in [2.75, 3.05) is 6.54 Å². The van der Waals surface area contributed by atoms with Crippen LogP contribution in [0.15, 0.2) is 24.3 Å². The summed E-state index contributed by atoms with van der Waals surface area (Å²) >= 11 is 0. The first-order chi connectivity index (χ1) is 6.12. The van der Waals surface area contributed by atoms with Gasteiger partial charge in [0.1, 0.15) is 0 Å². The molecule has 2 N–H and O–H groups in total. The maximum absolute atomic E-state index is 5.79. The predicted molar refractivity (Wildman–Crippen MR) is 57.9 cm³/mol. The van der Waals surface area contributed by atoms with Gasteiger partial charge in [-0.15, -0.1) is 0 Å². The first-order valence-electron chi connectivity index (χ1n) is 4.89. The van der Waals surface area contributed by atoms with E-state index in [0.29, 0.717) is 6.54 Å². The first-order valence-corrected chi connectivity index (χ1v) is 4.89. The minimum Gasteiger partial charge on any atom is -0.330 e. The molecule has 1 unspecified atom stereocenters. The lowest BCUT2D eigenvalue weighted by atomic mass is 9.80. The first kappa shape index (κ1) is 10.3. The van der Waals surface area contributed by atoms with E-state index in [0.717, 1.165) is 6.42 Å². The van der Waals surface area contributed by atoms with E-state index in [1.165, 1.54) is 11.1 Å². The normalized spacial score (nSPS) is 15.4. The molecule has 1 atom stereocenters. The van der Waals surface area contributed by atoms with E-state index >= 15 is 0 Å². The molecule has 0 saturated carbocycles. The average molecular weight is 177 g/mol. The standard InChI is InChI=1S/C12H19N/c1-4-12(3,9-13)11-7-5-10(2)6-8-11/h5-8H,4,9,13H2,1-3H3. The fraction of sp³-hybridized carbons (Fsp3) is 0.500. The van der Waals surface area contributed by atoms with Gasteiger partial charge >= 0.3 is 0 Å². The largest absolute Gasteiger partial charge is 0.330 e. The van der Waals surface area contributed by atoms with Crippen LogP contribution in [0, 0.1) is 6.92 Å². The van der Waals surface area contributed by atoms with Crippen molar-refractivity contribution in [3.63, 3.8) is 0 Å². The molecule has 13 heavy (non-hydrogen) atoms. The Morgan fingerprint density at radius 3 is 2.15 bits per heavy atom. The Labute approximate surface area is 81.0 Å². The molecule has 0 aliphatic heterocycles. The third kappa shape index (κ3) is 2.10. The van der Waals surface area contributed by atoms with Crippen molar-refractivity contribution in [2.45, 2.75) is 32.6 Å². The van der Waals surface area contributed by atoms with E-state index in [4.69, 9.17) is 5.73 Å². The van der Waals surface area contributed by atoms with Gasteiger partial charge in [-0.1, -0.05) is 43.7 Å². The summed E-state index contributed by atoms with van der Waals surface area (Å²) in [6.07, 6.45) is 1.09. The molecule has 1 heteroatoms. The highest BCUT2D eigenvalue weighted by Gasteiger charge is 2.21. The molecular weight excluding hydrogens is 158 g/mol. The van der Waals surface area contributed by atoms with Crippen molar-refractivity contribution in [1.29, 1.82) is 0 Å². The van der Waals surface area contributed by atoms with E-state index in [1.54, 1.807) is 0 Å². The van der Waals surface area contributed by atoms with Crippen LogP contribution in [0.4, 0.5) is 0 Å². The van der Waals surface area contributed by atoms with E-state index < -0.39 is 0 Å².